The Balaban J connectivity index is 3.31. The second kappa shape index (κ2) is 30.2. The van der Waals surface area contributed by atoms with Gasteiger partial charge < -0.3 is 30.2 Å². The Kier molecular flexibility index (Phi) is 28.9. The number of alkyl carbamates (subject to hydrolysis) is 1. The van der Waals surface area contributed by atoms with Crippen LogP contribution in [0.4, 0.5) is 4.79 Å². The number of amides is 3. The van der Waals surface area contributed by atoms with E-state index < -0.39 is 11.7 Å². The Morgan fingerprint density at radius 1 is 0.488 bits per heavy atom. The zero-order valence-electron chi connectivity index (χ0n) is 28.3. The van der Waals surface area contributed by atoms with Gasteiger partial charge in [0.05, 0.1) is 0 Å². The molecular formula is C34H67N3O6. The molecule has 0 spiro atoms. The van der Waals surface area contributed by atoms with E-state index in [1.807, 2.05) is 20.8 Å². The van der Waals surface area contributed by atoms with Crippen molar-refractivity contribution in [2.45, 2.75) is 155 Å². The van der Waals surface area contributed by atoms with Gasteiger partial charge in [-0.2, -0.15) is 0 Å². The summed E-state index contributed by atoms with van der Waals surface area (Å²) in [5, 5.41) is 8.57. The highest BCUT2D eigenvalue weighted by Crippen LogP contribution is 2.13. The maximum Gasteiger partial charge on any atom is 0.407 e. The number of nitrogens with one attached hydrogen (secondary N) is 3. The van der Waals surface area contributed by atoms with Crippen molar-refractivity contribution in [2.75, 3.05) is 46.1 Å². The van der Waals surface area contributed by atoms with Crippen LogP contribution in [0.25, 0.3) is 0 Å². The summed E-state index contributed by atoms with van der Waals surface area (Å²) in [6, 6.07) is 0. The first-order valence-electron chi connectivity index (χ1n) is 17.4. The van der Waals surface area contributed by atoms with Crippen LogP contribution in [-0.4, -0.2) is 69.6 Å². The van der Waals surface area contributed by atoms with Gasteiger partial charge in [0, 0.05) is 58.9 Å². The molecule has 0 heterocycles. The zero-order valence-corrected chi connectivity index (χ0v) is 28.3. The number of ether oxygens (including phenoxy) is 3. The number of carbonyl (C=O) groups is 3. The predicted molar refractivity (Wildman–Crippen MR) is 175 cm³/mol. The van der Waals surface area contributed by atoms with Gasteiger partial charge in [-0.25, -0.2) is 4.79 Å². The molecule has 0 radical (unpaired) electrons. The molecule has 0 aromatic heterocycles. The fourth-order valence-corrected chi connectivity index (χ4v) is 4.50. The van der Waals surface area contributed by atoms with Crippen LogP contribution in [0, 0.1) is 0 Å². The minimum absolute atomic E-state index is 0.0152. The highest BCUT2D eigenvalue weighted by atomic mass is 16.6. The van der Waals surface area contributed by atoms with Crippen molar-refractivity contribution in [2.24, 2.45) is 0 Å². The Bertz CT molecular complexity index is 669. The van der Waals surface area contributed by atoms with Crippen LogP contribution >= 0.6 is 0 Å². The number of unbranched alkanes of at least 4 members (excludes halogenated alkanes) is 12. The molecule has 0 rings (SSSR count). The fraction of sp³-hybridized carbons (Fsp3) is 0.912. The minimum atomic E-state index is -0.501. The van der Waals surface area contributed by atoms with Crippen LogP contribution < -0.4 is 16.0 Å². The average molecular weight is 614 g/mol. The van der Waals surface area contributed by atoms with Crippen molar-refractivity contribution in [3.05, 3.63) is 0 Å². The average Bonchev–Trinajstić information content (AvgIpc) is 2.95. The van der Waals surface area contributed by atoms with Gasteiger partial charge in [0.15, 0.2) is 0 Å². The van der Waals surface area contributed by atoms with Gasteiger partial charge in [0.2, 0.25) is 11.8 Å². The van der Waals surface area contributed by atoms with E-state index >= 15 is 0 Å². The maximum absolute atomic E-state index is 12.0. The van der Waals surface area contributed by atoms with Crippen LogP contribution in [0.2, 0.25) is 0 Å². The summed E-state index contributed by atoms with van der Waals surface area (Å²) in [7, 11) is 0. The molecule has 0 unspecified atom stereocenters. The van der Waals surface area contributed by atoms with Crippen LogP contribution in [0.15, 0.2) is 0 Å². The molecule has 0 aliphatic carbocycles. The minimum Gasteiger partial charge on any atom is -0.444 e. The Morgan fingerprint density at radius 3 is 1.30 bits per heavy atom. The lowest BCUT2D eigenvalue weighted by Crippen LogP contribution is -2.33. The van der Waals surface area contributed by atoms with Crippen LogP contribution in [0.1, 0.15) is 150 Å². The van der Waals surface area contributed by atoms with Crippen molar-refractivity contribution >= 4 is 17.9 Å². The summed E-state index contributed by atoms with van der Waals surface area (Å²) in [6.07, 6.45) is 20.6. The molecule has 0 bridgehead atoms. The van der Waals surface area contributed by atoms with Crippen molar-refractivity contribution in [1.29, 1.82) is 0 Å². The highest BCUT2D eigenvalue weighted by molar-refractivity contribution is 5.76. The normalized spacial score (nSPS) is 11.3. The first-order chi connectivity index (χ1) is 20.7. The zero-order chi connectivity index (χ0) is 31.9. The van der Waals surface area contributed by atoms with E-state index in [1.54, 1.807) is 0 Å². The summed E-state index contributed by atoms with van der Waals surface area (Å²) < 4.78 is 16.3. The highest BCUT2D eigenvalue weighted by Gasteiger charge is 2.15. The van der Waals surface area contributed by atoms with Crippen molar-refractivity contribution in [3.63, 3.8) is 0 Å². The molecule has 3 amide bonds. The van der Waals surface area contributed by atoms with Gasteiger partial charge in [-0.3, -0.25) is 9.59 Å². The molecule has 3 N–H and O–H groups in total. The predicted octanol–water partition coefficient (Wildman–Crippen LogP) is 7.21. The number of carbonyl (C=O) groups excluding carboxylic acids is 3. The van der Waals surface area contributed by atoms with Gasteiger partial charge in [0.25, 0.3) is 0 Å². The van der Waals surface area contributed by atoms with E-state index in [2.05, 4.69) is 22.9 Å². The van der Waals surface area contributed by atoms with Crippen LogP contribution in [0.3, 0.4) is 0 Å². The smallest absolute Gasteiger partial charge is 0.407 e. The third kappa shape index (κ3) is 34.5. The largest absolute Gasteiger partial charge is 0.444 e. The standard InChI is InChI=1S/C34H67N3O6/c1-5-6-7-8-9-10-11-12-13-14-15-16-17-22-31(38)35-24-19-28-42-29-20-25-36-32(39)23-18-27-41-30-21-26-37-33(40)43-34(2,3)4/h5-30H2,1-4H3,(H,35,38)(H,36,39)(H,37,40). The molecule has 43 heavy (non-hydrogen) atoms. The van der Waals surface area contributed by atoms with Crippen LogP contribution in [-0.2, 0) is 23.8 Å². The first-order valence-corrected chi connectivity index (χ1v) is 17.4. The molecule has 0 aromatic carbocycles. The Hall–Kier alpha value is -1.87. The summed E-state index contributed by atoms with van der Waals surface area (Å²) in [6.45, 7) is 11.7. The lowest BCUT2D eigenvalue weighted by atomic mass is 10.0. The van der Waals surface area contributed by atoms with E-state index in [-0.39, 0.29) is 11.8 Å². The van der Waals surface area contributed by atoms with Crippen LogP contribution in [0.5, 0.6) is 0 Å². The van der Waals surface area contributed by atoms with Gasteiger partial charge >= 0.3 is 6.09 Å². The molecule has 9 heteroatoms. The Morgan fingerprint density at radius 2 is 0.860 bits per heavy atom. The molecule has 254 valence electrons. The molecule has 0 aliphatic heterocycles. The third-order valence-electron chi connectivity index (χ3n) is 6.91. The first kappa shape index (κ1) is 41.1. The van der Waals surface area contributed by atoms with Gasteiger partial charge in [-0.1, -0.05) is 84.0 Å². The van der Waals surface area contributed by atoms with E-state index in [1.165, 1.54) is 70.6 Å². The monoisotopic (exact) mass is 614 g/mol. The number of rotatable bonds is 30. The summed E-state index contributed by atoms with van der Waals surface area (Å²) in [5.74, 6) is 0.160. The molecular weight excluding hydrogens is 546 g/mol. The number of hydrogen-bond donors (Lipinski definition) is 3. The molecule has 0 fully saturated rings. The second-order valence-corrected chi connectivity index (χ2v) is 12.5. The molecule has 0 saturated carbocycles. The van der Waals surface area contributed by atoms with Crippen molar-refractivity contribution in [1.82, 2.24) is 16.0 Å². The summed E-state index contributed by atoms with van der Waals surface area (Å²) >= 11 is 0. The maximum atomic E-state index is 12.0. The van der Waals surface area contributed by atoms with Gasteiger partial charge in [-0.15, -0.1) is 0 Å². The molecule has 9 nitrogen and oxygen atoms in total. The molecule has 0 aliphatic rings. The van der Waals surface area contributed by atoms with Crippen molar-refractivity contribution < 1.29 is 28.6 Å². The molecule has 0 atom stereocenters. The van der Waals surface area contributed by atoms with E-state index in [9.17, 15) is 14.4 Å². The van der Waals surface area contributed by atoms with Gasteiger partial charge in [0.1, 0.15) is 5.60 Å². The lowest BCUT2D eigenvalue weighted by Gasteiger charge is -2.19. The molecule has 0 saturated heterocycles. The summed E-state index contributed by atoms with van der Waals surface area (Å²) in [4.78, 5) is 35.4. The van der Waals surface area contributed by atoms with E-state index in [4.69, 9.17) is 14.2 Å². The summed E-state index contributed by atoms with van der Waals surface area (Å²) in [5.41, 5.74) is -0.501. The topological polar surface area (TPSA) is 115 Å². The van der Waals surface area contributed by atoms with Gasteiger partial charge in [-0.05, 0) is 52.9 Å². The van der Waals surface area contributed by atoms with Crippen molar-refractivity contribution in [3.8, 4) is 0 Å². The molecule has 0 aromatic rings. The fourth-order valence-electron chi connectivity index (χ4n) is 4.50. The number of hydrogen-bond acceptors (Lipinski definition) is 6. The van der Waals surface area contributed by atoms with E-state index in [0.717, 1.165) is 25.7 Å². The quantitative estimate of drug-likeness (QED) is 0.0738. The van der Waals surface area contributed by atoms with E-state index in [0.29, 0.717) is 71.7 Å². The second-order valence-electron chi connectivity index (χ2n) is 12.5. The SMILES string of the molecule is CCCCCCCCCCCCCCCC(=O)NCCCOCCCNC(=O)CCCOCCCNC(=O)OC(C)(C)C. The third-order valence-corrected chi connectivity index (χ3v) is 6.91. The Labute approximate surface area is 263 Å². The lowest BCUT2D eigenvalue weighted by molar-refractivity contribution is -0.122.